The molecule has 1 rings (SSSR count). The van der Waals surface area contributed by atoms with Gasteiger partial charge in [0.2, 0.25) is 0 Å². The molecule has 0 aromatic carbocycles. The van der Waals surface area contributed by atoms with Crippen LogP contribution in [0.25, 0.3) is 0 Å². The number of nitrogens with zero attached hydrogens (tertiary/aromatic N) is 1. The number of carbonyl (C=O) groups is 1. The lowest BCUT2D eigenvalue weighted by Crippen LogP contribution is -2.36. The van der Waals surface area contributed by atoms with Crippen LogP contribution in [-0.2, 0) is 4.79 Å². The van der Waals surface area contributed by atoms with Gasteiger partial charge in [-0.1, -0.05) is 47.8 Å². The second-order valence-electron chi connectivity index (χ2n) is 7.51. The fourth-order valence-corrected chi connectivity index (χ4v) is 3.19. The normalized spacial score (nSPS) is 20.6. The molecule has 0 amide bonds. The zero-order valence-corrected chi connectivity index (χ0v) is 16.3. The zero-order chi connectivity index (χ0) is 17.8. The van der Waals surface area contributed by atoms with Crippen LogP contribution in [0.4, 0.5) is 0 Å². The van der Waals surface area contributed by atoms with Crippen LogP contribution in [0.15, 0.2) is 34.9 Å². The topological polar surface area (TPSA) is 20.3 Å². The van der Waals surface area contributed by atoms with Crippen LogP contribution in [0.3, 0.4) is 0 Å². The second kappa shape index (κ2) is 12.2. The van der Waals surface area contributed by atoms with Crippen molar-refractivity contribution in [2.24, 2.45) is 0 Å². The van der Waals surface area contributed by atoms with Gasteiger partial charge in [0.15, 0.2) is 0 Å². The largest absolute Gasteiger partial charge is 0.302 e. The van der Waals surface area contributed by atoms with Crippen LogP contribution in [0.1, 0.15) is 79.1 Å². The number of hydrogen-bond acceptors (Lipinski definition) is 2. The Labute approximate surface area is 149 Å². The van der Waals surface area contributed by atoms with Crippen molar-refractivity contribution in [3.63, 3.8) is 0 Å². The fourth-order valence-electron chi connectivity index (χ4n) is 3.19. The molecule has 1 fully saturated rings. The van der Waals surface area contributed by atoms with Crippen molar-refractivity contribution >= 4 is 6.29 Å². The van der Waals surface area contributed by atoms with Crippen molar-refractivity contribution < 1.29 is 4.79 Å². The van der Waals surface area contributed by atoms with Crippen LogP contribution in [0.2, 0.25) is 0 Å². The first-order valence-corrected chi connectivity index (χ1v) is 9.67. The van der Waals surface area contributed by atoms with Crippen LogP contribution >= 0.6 is 0 Å². The maximum Gasteiger partial charge on any atom is 0.137 e. The minimum Gasteiger partial charge on any atom is -0.302 e. The van der Waals surface area contributed by atoms with E-state index in [0.29, 0.717) is 0 Å². The van der Waals surface area contributed by atoms with E-state index in [1.54, 1.807) is 0 Å². The average Bonchev–Trinajstić information content (AvgIpc) is 2.77. The van der Waals surface area contributed by atoms with Gasteiger partial charge < -0.3 is 4.79 Å². The van der Waals surface area contributed by atoms with Crippen molar-refractivity contribution in [1.29, 1.82) is 0 Å². The zero-order valence-electron chi connectivity index (χ0n) is 16.3. The molecule has 0 aromatic heterocycles. The molecule has 1 atom stereocenters. The van der Waals surface area contributed by atoms with Crippen LogP contribution < -0.4 is 0 Å². The van der Waals surface area contributed by atoms with Gasteiger partial charge >= 0.3 is 0 Å². The summed E-state index contributed by atoms with van der Waals surface area (Å²) in [5.74, 6) is 0. The molecule has 1 heterocycles. The standard InChI is InChI=1S/C22H37NO/c1-19(2)10-8-11-20(3)12-9-13-21(4)15-17-23-16-7-5-6-14-22(23)18-24/h10,12,15,18,22H,5-9,11,13-14,16-17H2,1-4H3. The summed E-state index contributed by atoms with van der Waals surface area (Å²) in [7, 11) is 0. The summed E-state index contributed by atoms with van der Waals surface area (Å²) in [6, 6.07) is 0.133. The number of allylic oxidation sites excluding steroid dienone is 5. The number of aldehydes is 1. The predicted octanol–water partition coefficient (Wildman–Crippen LogP) is 5.85. The summed E-state index contributed by atoms with van der Waals surface area (Å²) < 4.78 is 0. The first-order chi connectivity index (χ1) is 11.5. The highest BCUT2D eigenvalue weighted by atomic mass is 16.1. The molecule has 136 valence electrons. The summed E-state index contributed by atoms with van der Waals surface area (Å²) in [6.07, 6.45) is 17.5. The highest BCUT2D eigenvalue weighted by Gasteiger charge is 2.18. The van der Waals surface area contributed by atoms with E-state index in [0.717, 1.165) is 45.1 Å². The van der Waals surface area contributed by atoms with Crippen molar-refractivity contribution in [2.75, 3.05) is 13.1 Å². The summed E-state index contributed by atoms with van der Waals surface area (Å²) in [5.41, 5.74) is 4.34. The highest BCUT2D eigenvalue weighted by Crippen LogP contribution is 2.16. The molecule has 2 nitrogen and oxygen atoms in total. The third-order valence-corrected chi connectivity index (χ3v) is 4.87. The van der Waals surface area contributed by atoms with E-state index >= 15 is 0 Å². The van der Waals surface area contributed by atoms with E-state index in [2.05, 4.69) is 50.8 Å². The predicted molar refractivity (Wildman–Crippen MR) is 105 cm³/mol. The van der Waals surface area contributed by atoms with Crippen LogP contribution in [0, 0.1) is 0 Å². The Hall–Kier alpha value is -1.15. The average molecular weight is 332 g/mol. The van der Waals surface area contributed by atoms with Crippen molar-refractivity contribution in [1.82, 2.24) is 4.90 Å². The smallest absolute Gasteiger partial charge is 0.137 e. The van der Waals surface area contributed by atoms with Gasteiger partial charge in [0.05, 0.1) is 6.04 Å². The molecule has 0 aliphatic carbocycles. The van der Waals surface area contributed by atoms with Crippen LogP contribution in [-0.4, -0.2) is 30.3 Å². The molecular formula is C22H37NO. The minimum atomic E-state index is 0.133. The van der Waals surface area contributed by atoms with Gasteiger partial charge in [-0.15, -0.1) is 0 Å². The molecule has 2 heteroatoms. The summed E-state index contributed by atoms with van der Waals surface area (Å²) in [6.45, 7) is 10.8. The quantitative estimate of drug-likeness (QED) is 0.390. The van der Waals surface area contributed by atoms with Gasteiger partial charge in [-0.2, -0.15) is 0 Å². The summed E-state index contributed by atoms with van der Waals surface area (Å²) in [5, 5.41) is 0. The molecule has 1 saturated heterocycles. The number of hydrogen-bond donors (Lipinski definition) is 0. The van der Waals surface area contributed by atoms with E-state index in [-0.39, 0.29) is 6.04 Å². The third kappa shape index (κ3) is 9.22. The minimum absolute atomic E-state index is 0.133. The van der Waals surface area contributed by atoms with Gasteiger partial charge in [-0.05, 0) is 72.8 Å². The van der Waals surface area contributed by atoms with E-state index in [4.69, 9.17) is 0 Å². The maximum absolute atomic E-state index is 11.3. The Morgan fingerprint density at radius 1 is 0.917 bits per heavy atom. The van der Waals surface area contributed by atoms with Crippen LogP contribution in [0.5, 0.6) is 0 Å². The van der Waals surface area contributed by atoms with E-state index in [9.17, 15) is 4.79 Å². The van der Waals surface area contributed by atoms with Crippen molar-refractivity contribution in [2.45, 2.75) is 85.1 Å². The molecule has 0 aromatic rings. The lowest BCUT2D eigenvalue weighted by atomic mass is 10.1. The van der Waals surface area contributed by atoms with Gasteiger partial charge in [0, 0.05) is 6.54 Å². The summed E-state index contributed by atoms with van der Waals surface area (Å²) in [4.78, 5) is 13.6. The number of carbonyl (C=O) groups excluding carboxylic acids is 1. The van der Waals surface area contributed by atoms with Gasteiger partial charge in [0.25, 0.3) is 0 Å². The molecule has 0 saturated carbocycles. The molecule has 1 unspecified atom stereocenters. The Morgan fingerprint density at radius 3 is 2.25 bits per heavy atom. The first kappa shape index (κ1) is 20.9. The second-order valence-corrected chi connectivity index (χ2v) is 7.51. The molecule has 0 bridgehead atoms. The Bertz CT molecular complexity index is 455. The van der Waals surface area contributed by atoms with E-state index in [1.165, 1.54) is 42.4 Å². The van der Waals surface area contributed by atoms with Gasteiger partial charge in [-0.3, -0.25) is 4.90 Å². The Morgan fingerprint density at radius 2 is 1.58 bits per heavy atom. The Kier molecular flexibility index (Phi) is 10.7. The number of rotatable bonds is 9. The first-order valence-electron chi connectivity index (χ1n) is 9.67. The van der Waals surface area contributed by atoms with E-state index in [1.807, 2.05) is 0 Å². The van der Waals surface area contributed by atoms with Gasteiger partial charge in [-0.25, -0.2) is 0 Å². The monoisotopic (exact) mass is 331 g/mol. The lowest BCUT2D eigenvalue weighted by Gasteiger charge is -2.24. The summed E-state index contributed by atoms with van der Waals surface area (Å²) >= 11 is 0. The lowest BCUT2D eigenvalue weighted by molar-refractivity contribution is -0.112. The SMILES string of the molecule is CC(C)=CCCC(C)=CCCC(C)=CCN1CCCCCC1C=O. The molecule has 1 aliphatic rings. The molecule has 0 spiro atoms. The number of likely N-dealkylation sites (tertiary alicyclic amines) is 1. The van der Waals surface area contributed by atoms with Crippen molar-refractivity contribution in [3.05, 3.63) is 34.9 Å². The Balaban J connectivity index is 2.35. The molecular weight excluding hydrogens is 294 g/mol. The molecule has 24 heavy (non-hydrogen) atoms. The third-order valence-electron chi connectivity index (χ3n) is 4.87. The molecule has 1 aliphatic heterocycles. The fraction of sp³-hybridized carbons (Fsp3) is 0.682. The van der Waals surface area contributed by atoms with E-state index < -0.39 is 0 Å². The highest BCUT2D eigenvalue weighted by molar-refractivity contribution is 5.57. The van der Waals surface area contributed by atoms with Crippen molar-refractivity contribution in [3.8, 4) is 0 Å². The van der Waals surface area contributed by atoms with Gasteiger partial charge in [0.1, 0.15) is 6.29 Å². The molecule has 0 N–H and O–H groups in total. The molecule has 0 radical (unpaired) electrons. The maximum atomic E-state index is 11.3.